The molecular weight excluding hydrogens is 755 g/mol. The fraction of sp³-hybridized carbons (Fsp3) is 0.0526. The van der Waals surface area contributed by atoms with Crippen LogP contribution in [0.15, 0.2) is 188 Å². The second kappa shape index (κ2) is 13.3. The van der Waals surface area contributed by atoms with Gasteiger partial charge in [-0.1, -0.05) is 123 Å². The van der Waals surface area contributed by atoms with Crippen molar-refractivity contribution < 1.29 is 0 Å². The first-order valence-electron chi connectivity index (χ1n) is 20.9. The van der Waals surface area contributed by atoms with Crippen molar-refractivity contribution in [1.29, 1.82) is 5.26 Å². The van der Waals surface area contributed by atoms with Crippen molar-refractivity contribution in [2.75, 3.05) is 4.90 Å². The molecule has 0 atom stereocenters. The first-order chi connectivity index (χ1) is 30.4. The number of anilines is 3. The predicted molar refractivity (Wildman–Crippen MR) is 256 cm³/mol. The normalized spacial score (nSPS) is 12.8. The number of nitriles is 1. The van der Waals surface area contributed by atoms with Crippen LogP contribution < -0.4 is 4.90 Å². The van der Waals surface area contributed by atoms with Crippen LogP contribution >= 0.6 is 0 Å². The number of hydrogen-bond donors (Lipinski definition) is 0. The van der Waals surface area contributed by atoms with Gasteiger partial charge in [0.15, 0.2) is 0 Å². The van der Waals surface area contributed by atoms with Gasteiger partial charge in [0.2, 0.25) is 5.69 Å². The summed E-state index contributed by atoms with van der Waals surface area (Å²) in [6.45, 7) is 13.3. The Morgan fingerprint density at radius 3 is 1.90 bits per heavy atom. The molecule has 1 aliphatic carbocycles. The average Bonchev–Trinajstić information content (AvgIpc) is 3.91. The van der Waals surface area contributed by atoms with Gasteiger partial charge in [0, 0.05) is 44.0 Å². The molecule has 290 valence electrons. The van der Waals surface area contributed by atoms with Crippen LogP contribution in [-0.4, -0.2) is 9.13 Å². The van der Waals surface area contributed by atoms with Crippen molar-refractivity contribution in [3.05, 3.63) is 216 Å². The van der Waals surface area contributed by atoms with Crippen molar-refractivity contribution >= 4 is 77.1 Å². The van der Waals surface area contributed by atoms with Crippen LogP contribution in [0, 0.1) is 17.9 Å². The lowest BCUT2D eigenvalue weighted by Crippen LogP contribution is -2.15. The molecule has 0 saturated heterocycles. The number of aromatic nitrogens is 2. The summed E-state index contributed by atoms with van der Waals surface area (Å²) >= 11 is 0. The van der Waals surface area contributed by atoms with E-state index < -0.39 is 0 Å². The topological polar surface area (TPSA) is 41.2 Å². The van der Waals surface area contributed by atoms with E-state index in [-0.39, 0.29) is 5.41 Å². The Morgan fingerprint density at radius 1 is 0.500 bits per heavy atom. The van der Waals surface area contributed by atoms with E-state index in [1.807, 2.05) is 24.3 Å². The summed E-state index contributed by atoms with van der Waals surface area (Å²) in [7, 11) is 0. The molecule has 0 fully saturated rings. The first-order valence-corrected chi connectivity index (χ1v) is 20.9. The lowest BCUT2D eigenvalue weighted by molar-refractivity contribution is 0.661. The van der Waals surface area contributed by atoms with E-state index in [1.165, 1.54) is 22.3 Å². The second-order valence-corrected chi connectivity index (χ2v) is 16.7. The van der Waals surface area contributed by atoms with Gasteiger partial charge < -0.3 is 14.0 Å². The highest BCUT2D eigenvalue weighted by atomic mass is 15.1. The van der Waals surface area contributed by atoms with Gasteiger partial charge in [0.1, 0.15) is 6.07 Å². The first kappa shape index (κ1) is 35.6. The molecule has 1 aliphatic rings. The Labute approximate surface area is 359 Å². The van der Waals surface area contributed by atoms with Crippen molar-refractivity contribution in [3.8, 4) is 28.6 Å². The Morgan fingerprint density at radius 2 is 1.15 bits per heavy atom. The lowest BCUT2D eigenvalue weighted by Gasteiger charge is -2.25. The van der Waals surface area contributed by atoms with E-state index in [0.717, 1.165) is 71.4 Å². The Bertz CT molecular complexity index is 3700. The molecule has 2 heterocycles. The summed E-state index contributed by atoms with van der Waals surface area (Å²) < 4.78 is 4.39. The summed E-state index contributed by atoms with van der Waals surface area (Å²) in [5.41, 5.74) is 14.3. The molecule has 0 unspecified atom stereocenters. The molecule has 0 amide bonds. The Balaban J connectivity index is 1.12. The largest absolute Gasteiger partial charge is 0.319 e. The molecule has 0 radical (unpaired) electrons. The fourth-order valence-corrected chi connectivity index (χ4v) is 10.3. The molecule has 62 heavy (non-hydrogen) atoms. The highest BCUT2D eigenvalue weighted by Gasteiger charge is 2.36. The summed E-state index contributed by atoms with van der Waals surface area (Å²) in [6, 6.07) is 68.5. The number of benzene rings is 9. The van der Waals surface area contributed by atoms with Crippen LogP contribution in [0.2, 0.25) is 0 Å². The molecule has 11 aromatic rings. The molecule has 5 heteroatoms. The van der Waals surface area contributed by atoms with E-state index in [9.17, 15) is 5.26 Å². The van der Waals surface area contributed by atoms with Crippen molar-refractivity contribution in [2.45, 2.75) is 19.3 Å². The van der Waals surface area contributed by atoms with Gasteiger partial charge in [0.25, 0.3) is 0 Å². The maximum Gasteiger partial charge on any atom is 0.212 e. The zero-order valence-corrected chi connectivity index (χ0v) is 34.1. The molecule has 2 aromatic heterocycles. The summed E-state index contributed by atoms with van der Waals surface area (Å²) in [5.74, 6) is 0. The van der Waals surface area contributed by atoms with Crippen molar-refractivity contribution in [1.82, 2.24) is 9.13 Å². The van der Waals surface area contributed by atoms with Gasteiger partial charge >= 0.3 is 0 Å². The van der Waals surface area contributed by atoms with E-state index >= 15 is 0 Å². The minimum absolute atomic E-state index is 0.203. The third-order valence-corrected chi connectivity index (χ3v) is 13.1. The standard InChI is InChI=1S/C57H37N5/c1-57(2)47-24-14-12-22-42(47)44-32-45-43-23-13-15-25-50(43)62(54(45)33-48(44)57)55-30-37(35-58)53(34-49(55)59-3)61-51-29-27-40(60(38-17-6-4-7-18-38)39-19-8-5-9-20-39)31-46(51)56-41-21-11-10-16-36(41)26-28-52(56)61/h4-34H,1-2H3. The number of nitrogens with zero attached hydrogens (tertiary/aromatic N) is 5. The van der Waals surface area contributed by atoms with Crippen LogP contribution in [0.25, 0.3) is 81.7 Å². The quantitative estimate of drug-likeness (QED) is 0.163. The van der Waals surface area contributed by atoms with Gasteiger partial charge in [-0.3, -0.25) is 0 Å². The molecule has 0 spiro atoms. The fourth-order valence-electron chi connectivity index (χ4n) is 10.3. The highest BCUT2D eigenvalue weighted by molar-refractivity contribution is 6.22. The number of rotatable bonds is 5. The van der Waals surface area contributed by atoms with Gasteiger partial charge in [0.05, 0.1) is 45.6 Å². The van der Waals surface area contributed by atoms with E-state index in [1.54, 1.807) is 0 Å². The third kappa shape index (κ3) is 5.00. The summed E-state index contributed by atoms with van der Waals surface area (Å²) in [5, 5.41) is 17.8. The molecule has 9 aromatic carbocycles. The summed E-state index contributed by atoms with van der Waals surface area (Å²) in [4.78, 5) is 6.51. The minimum atomic E-state index is -0.203. The monoisotopic (exact) mass is 791 g/mol. The van der Waals surface area contributed by atoms with Crippen LogP contribution in [0.4, 0.5) is 22.7 Å². The second-order valence-electron chi connectivity index (χ2n) is 16.7. The number of fused-ring (bicyclic) bond motifs is 11. The van der Waals surface area contributed by atoms with Crippen molar-refractivity contribution in [2.24, 2.45) is 0 Å². The molecule has 0 aliphatic heterocycles. The van der Waals surface area contributed by atoms with Gasteiger partial charge in [-0.15, -0.1) is 0 Å². The summed E-state index contributed by atoms with van der Waals surface area (Å²) in [6.07, 6.45) is 0. The minimum Gasteiger partial charge on any atom is -0.319 e. The maximum atomic E-state index is 11.2. The van der Waals surface area contributed by atoms with Crippen LogP contribution in [0.1, 0.15) is 30.5 Å². The molecule has 0 bridgehead atoms. The third-order valence-electron chi connectivity index (χ3n) is 13.1. The van der Waals surface area contributed by atoms with E-state index in [0.29, 0.717) is 22.6 Å². The number of para-hydroxylation sites is 3. The Hall–Kier alpha value is -8.38. The smallest absolute Gasteiger partial charge is 0.212 e. The Kier molecular flexibility index (Phi) is 7.64. The molecular formula is C57H37N5. The predicted octanol–water partition coefficient (Wildman–Crippen LogP) is 15.2. The van der Waals surface area contributed by atoms with Crippen molar-refractivity contribution in [3.63, 3.8) is 0 Å². The highest BCUT2D eigenvalue weighted by Crippen LogP contribution is 2.52. The maximum absolute atomic E-state index is 11.2. The van der Waals surface area contributed by atoms with Crippen LogP contribution in [-0.2, 0) is 5.41 Å². The lowest BCUT2D eigenvalue weighted by atomic mass is 9.82. The number of hydrogen-bond acceptors (Lipinski definition) is 2. The van der Waals surface area contributed by atoms with Crippen LogP contribution in [0.5, 0.6) is 0 Å². The zero-order valence-electron chi connectivity index (χ0n) is 34.1. The molecule has 0 N–H and O–H groups in total. The van der Waals surface area contributed by atoms with Gasteiger partial charge in [-0.25, -0.2) is 4.85 Å². The van der Waals surface area contributed by atoms with Gasteiger partial charge in [-0.05, 0) is 112 Å². The molecule has 0 saturated carbocycles. The SMILES string of the molecule is [C-]#[N+]c1cc(-n2c3ccc(N(c4ccccc4)c4ccccc4)cc3c3c4ccccc4ccc32)c(C#N)cc1-n1c2ccccc2c2cc3c(cc21)C(C)(C)c1ccccc1-3. The van der Waals surface area contributed by atoms with Gasteiger partial charge in [-0.2, -0.15) is 5.26 Å². The van der Waals surface area contributed by atoms with E-state index in [2.05, 4.69) is 203 Å². The molecule has 5 nitrogen and oxygen atoms in total. The zero-order chi connectivity index (χ0) is 41.7. The average molecular weight is 792 g/mol. The van der Waals surface area contributed by atoms with E-state index in [4.69, 9.17) is 6.57 Å². The van der Waals surface area contributed by atoms with Crippen LogP contribution in [0.3, 0.4) is 0 Å². The molecule has 12 rings (SSSR count).